The summed E-state index contributed by atoms with van der Waals surface area (Å²) in [6.07, 6.45) is 3.04. The van der Waals surface area contributed by atoms with Crippen molar-refractivity contribution < 1.29 is 9.18 Å². The zero-order valence-corrected chi connectivity index (χ0v) is 10.5. The van der Waals surface area contributed by atoms with E-state index in [-0.39, 0.29) is 11.7 Å². The minimum Gasteiger partial charge on any atom is -0.352 e. The third kappa shape index (κ3) is 4.11. The molecule has 0 saturated carbocycles. The minimum atomic E-state index is -0.251. The summed E-state index contributed by atoms with van der Waals surface area (Å²) < 4.78 is 12.7. The highest BCUT2D eigenvalue weighted by atomic mass is 19.1. The molecule has 2 rings (SSSR count). The van der Waals surface area contributed by atoms with E-state index in [2.05, 4.69) is 10.2 Å². The van der Waals surface area contributed by atoms with E-state index in [1.165, 1.54) is 25.0 Å². The van der Waals surface area contributed by atoms with Crippen molar-refractivity contribution in [2.24, 2.45) is 0 Å². The Morgan fingerprint density at radius 1 is 1.22 bits per heavy atom. The Kier molecular flexibility index (Phi) is 4.70. The molecule has 98 valence electrons. The summed E-state index contributed by atoms with van der Waals surface area (Å²) >= 11 is 0. The van der Waals surface area contributed by atoms with E-state index in [1.807, 2.05) is 0 Å². The van der Waals surface area contributed by atoms with Crippen molar-refractivity contribution in [1.29, 1.82) is 0 Å². The van der Waals surface area contributed by atoms with Crippen LogP contribution in [0, 0.1) is 5.82 Å². The lowest BCUT2D eigenvalue weighted by molar-refractivity contribution is -0.121. The molecule has 0 bridgehead atoms. The van der Waals surface area contributed by atoms with E-state index in [9.17, 15) is 9.18 Å². The van der Waals surface area contributed by atoms with Crippen LogP contribution in [0.15, 0.2) is 24.3 Å². The molecule has 3 nitrogen and oxygen atoms in total. The third-order valence-electron chi connectivity index (χ3n) is 3.26. The Bertz CT molecular complexity index is 385. The molecule has 0 radical (unpaired) electrons. The molecule has 0 unspecified atom stereocenters. The number of rotatable bonds is 5. The van der Waals surface area contributed by atoms with Gasteiger partial charge in [0.15, 0.2) is 0 Å². The van der Waals surface area contributed by atoms with Crippen molar-refractivity contribution in [3.05, 3.63) is 35.6 Å². The maximum absolute atomic E-state index is 12.7. The van der Waals surface area contributed by atoms with Crippen molar-refractivity contribution in [2.75, 3.05) is 19.6 Å². The van der Waals surface area contributed by atoms with Gasteiger partial charge < -0.3 is 10.2 Å². The van der Waals surface area contributed by atoms with Crippen molar-refractivity contribution in [2.45, 2.75) is 25.8 Å². The first-order valence-electron chi connectivity index (χ1n) is 6.47. The van der Waals surface area contributed by atoms with Gasteiger partial charge in [0.1, 0.15) is 5.82 Å². The summed E-state index contributed by atoms with van der Waals surface area (Å²) in [5.74, 6) is -0.190. The summed E-state index contributed by atoms with van der Waals surface area (Å²) in [7, 11) is 0. The van der Waals surface area contributed by atoms with Gasteiger partial charge in [-0.1, -0.05) is 12.1 Å². The first-order valence-corrected chi connectivity index (χ1v) is 6.47. The van der Waals surface area contributed by atoms with Crippen molar-refractivity contribution in [1.82, 2.24) is 10.2 Å². The molecule has 18 heavy (non-hydrogen) atoms. The molecule has 1 saturated heterocycles. The smallest absolute Gasteiger partial charge is 0.221 e. The van der Waals surface area contributed by atoms with Crippen LogP contribution in [0.5, 0.6) is 0 Å². The number of nitrogens with one attached hydrogen (secondary N) is 1. The Morgan fingerprint density at radius 2 is 1.89 bits per heavy atom. The topological polar surface area (TPSA) is 32.3 Å². The molecule has 1 aliphatic heterocycles. The van der Waals surface area contributed by atoms with Gasteiger partial charge in [-0.25, -0.2) is 4.39 Å². The molecule has 1 heterocycles. The van der Waals surface area contributed by atoms with Crippen LogP contribution in [0.25, 0.3) is 0 Å². The van der Waals surface area contributed by atoms with Crippen LogP contribution in [0.3, 0.4) is 0 Å². The van der Waals surface area contributed by atoms with Gasteiger partial charge in [0.05, 0.1) is 0 Å². The Balaban J connectivity index is 1.66. The van der Waals surface area contributed by atoms with Crippen LogP contribution in [0.1, 0.15) is 24.8 Å². The second-order valence-corrected chi connectivity index (χ2v) is 4.70. The van der Waals surface area contributed by atoms with Crippen LogP contribution in [-0.4, -0.2) is 30.4 Å². The molecule has 1 aromatic carbocycles. The van der Waals surface area contributed by atoms with E-state index in [4.69, 9.17) is 0 Å². The zero-order valence-electron chi connectivity index (χ0n) is 10.5. The molecule has 0 aliphatic carbocycles. The maximum atomic E-state index is 12.7. The lowest BCUT2D eigenvalue weighted by Gasteiger charge is -2.13. The Hall–Kier alpha value is -1.42. The second kappa shape index (κ2) is 6.50. The average molecular weight is 250 g/mol. The minimum absolute atomic E-state index is 0.0613. The highest BCUT2D eigenvalue weighted by molar-refractivity contribution is 5.76. The van der Waals surface area contributed by atoms with Gasteiger partial charge in [-0.2, -0.15) is 0 Å². The van der Waals surface area contributed by atoms with Crippen LogP contribution in [0.4, 0.5) is 4.39 Å². The van der Waals surface area contributed by atoms with Crippen molar-refractivity contribution in [3.8, 4) is 0 Å². The lowest BCUT2D eigenvalue weighted by Crippen LogP contribution is -2.29. The van der Waals surface area contributed by atoms with Gasteiger partial charge in [0.2, 0.25) is 5.91 Å². The number of benzene rings is 1. The lowest BCUT2D eigenvalue weighted by atomic mass is 10.2. The highest BCUT2D eigenvalue weighted by Crippen LogP contribution is 2.07. The fourth-order valence-electron chi connectivity index (χ4n) is 2.16. The number of carbonyl (C=O) groups excluding carboxylic acids is 1. The van der Waals surface area contributed by atoms with Gasteiger partial charge in [-0.05, 0) is 43.6 Å². The summed E-state index contributed by atoms with van der Waals surface area (Å²) in [4.78, 5) is 13.9. The van der Waals surface area contributed by atoms with E-state index >= 15 is 0 Å². The molecular weight excluding hydrogens is 231 g/mol. The standard InChI is InChI=1S/C14H19FN2O/c15-13-5-3-12(4-6-13)11-16-14(18)7-10-17-8-1-2-9-17/h3-6H,1-2,7-11H2,(H,16,18). The molecular formula is C14H19FN2O. The van der Waals surface area contributed by atoms with E-state index in [0.29, 0.717) is 13.0 Å². The van der Waals surface area contributed by atoms with Gasteiger partial charge in [0.25, 0.3) is 0 Å². The quantitative estimate of drug-likeness (QED) is 0.866. The van der Waals surface area contributed by atoms with Crippen LogP contribution < -0.4 is 5.32 Å². The Morgan fingerprint density at radius 3 is 2.56 bits per heavy atom. The summed E-state index contributed by atoms with van der Waals surface area (Å²) in [6.45, 7) is 3.55. The molecule has 1 aliphatic rings. The maximum Gasteiger partial charge on any atom is 0.221 e. The van der Waals surface area contributed by atoms with Crippen LogP contribution >= 0.6 is 0 Å². The predicted octanol–water partition coefficient (Wildman–Crippen LogP) is 1.93. The van der Waals surface area contributed by atoms with Gasteiger partial charge in [-0.15, -0.1) is 0 Å². The van der Waals surface area contributed by atoms with Crippen LogP contribution in [-0.2, 0) is 11.3 Å². The highest BCUT2D eigenvalue weighted by Gasteiger charge is 2.12. The number of nitrogens with zero attached hydrogens (tertiary/aromatic N) is 1. The summed E-state index contributed by atoms with van der Waals surface area (Å²) in [6, 6.07) is 6.20. The number of halogens is 1. The number of amides is 1. The monoisotopic (exact) mass is 250 g/mol. The Labute approximate surface area is 107 Å². The normalized spacial score (nSPS) is 15.8. The molecule has 1 aromatic rings. The number of hydrogen-bond acceptors (Lipinski definition) is 2. The number of hydrogen-bond donors (Lipinski definition) is 1. The van der Waals surface area contributed by atoms with E-state index in [0.717, 1.165) is 25.2 Å². The van der Waals surface area contributed by atoms with Crippen LogP contribution in [0.2, 0.25) is 0 Å². The third-order valence-corrected chi connectivity index (χ3v) is 3.26. The number of likely N-dealkylation sites (tertiary alicyclic amines) is 1. The van der Waals surface area contributed by atoms with Gasteiger partial charge >= 0.3 is 0 Å². The molecule has 4 heteroatoms. The fraction of sp³-hybridized carbons (Fsp3) is 0.500. The number of carbonyl (C=O) groups is 1. The first-order chi connectivity index (χ1) is 8.74. The van der Waals surface area contributed by atoms with Crippen molar-refractivity contribution >= 4 is 5.91 Å². The van der Waals surface area contributed by atoms with E-state index in [1.54, 1.807) is 12.1 Å². The summed E-state index contributed by atoms with van der Waals surface area (Å²) in [5, 5.41) is 2.85. The first kappa shape index (κ1) is 13.0. The fourth-order valence-corrected chi connectivity index (χ4v) is 2.16. The molecule has 1 N–H and O–H groups in total. The van der Waals surface area contributed by atoms with Gasteiger partial charge in [0, 0.05) is 19.5 Å². The molecule has 1 amide bonds. The largest absolute Gasteiger partial charge is 0.352 e. The van der Waals surface area contributed by atoms with E-state index < -0.39 is 0 Å². The molecule has 1 fully saturated rings. The average Bonchev–Trinajstić information content (AvgIpc) is 2.89. The summed E-state index contributed by atoms with van der Waals surface area (Å²) in [5.41, 5.74) is 0.922. The zero-order chi connectivity index (χ0) is 12.8. The molecule has 0 atom stereocenters. The molecule has 0 spiro atoms. The van der Waals surface area contributed by atoms with Gasteiger partial charge in [-0.3, -0.25) is 4.79 Å². The predicted molar refractivity (Wildman–Crippen MR) is 68.5 cm³/mol. The molecule has 0 aromatic heterocycles. The second-order valence-electron chi connectivity index (χ2n) is 4.70. The van der Waals surface area contributed by atoms with Crippen molar-refractivity contribution in [3.63, 3.8) is 0 Å². The SMILES string of the molecule is O=C(CCN1CCCC1)NCc1ccc(F)cc1.